The molecule has 23 heavy (non-hydrogen) atoms. The van der Waals surface area contributed by atoms with Crippen LogP contribution in [0, 0.1) is 18.3 Å². The summed E-state index contributed by atoms with van der Waals surface area (Å²) in [6.07, 6.45) is -3.02. The van der Waals surface area contributed by atoms with Crippen molar-refractivity contribution in [1.29, 1.82) is 5.41 Å². The van der Waals surface area contributed by atoms with Crippen molar-refractivity contribution in [2.75, 3.05) is 0 Å². The Morgan fingerprint density at radius 1 is 1.35 bits per heavy atom. The SMILES string of the molecule is Cc1ccc(S(=O)(=O)O)cc1.N=C(N)SC(C1CC1)C(F)(F)F. The number of hydrogen-bond acceptors (Lipinski definition) is 4. The average molecular weight is 370 g/mol. The van der Waals surface area contributed by atoms with Gasteiger partial charge >= 0.3 is 6.18 Å². The minimum Gasteiger partial charge on any atom is -0.379 e. The van der Waals surface area contributed by atoms with Gasteiger partial charge in [0.1, 0.15) is 5.25 Å². The first-order chi connectivity index (χ1) is 10.4. The molecule has 0 bridgehead atoms. The fourth-order valence-corrected chi connectivity index (χ4v) is 3.03. The second-order valence-electron chi connectivity index (χ2n) is 5.07. The molecule has 0 heterocycles. The van der Waals surface area contributed by atoms with Crippen molar-refractivity contribution in [2.45, 2.75) is 36.1 Å². The molecule has 1 aliphatic rings. The van der Waals surface area contributed by atoms with Crippen molar-refractivity contribution >= 4 is 27.0 Å². The molecule has 1 unspecified atom stereocenters. The van der Waals surface area contributed by atoms with Gasteiger partial charge in [-0.05, 0) is 37.8 Å². The molecule has 1 saturated carbocycles. The molecule has 10 heteroatoms. The summed E-state index contributed by atoms with van der Waals surface area (Å²) in [5.74, 6) is -0.320. The van der Waals surface area contributed by atoms with Crippen molar-refractivity contribution in [1.82, 2.24) is 0 Å². The molecule has 0 aliphatic heterocycles. The Kier molecular flexibility index (Phi) is 6.49. The fourth-order valence-electron chi connectivity index (χ4n) is 1.68. The molecular formula is C13H17F3N2O3S2. The number of aryl methyl sites for hydroxylation is 1. The Labute approximate surface area is 136 Å². The lowest BCUT2D eigenvalue weighted by atomic mass is 10.2. The Hall–Kier alpha value is -1.26. The van der Waals surface area contributed by atoms with Gasteiger partial charge in [0.15, 0.2) is 5.17 Å². The van der Waals surface area contributed by atoms with E-state index in [2.05, 4.69) is 0 Å². The van der Waals surface area contributed by atoms with Crippen LogP contribution >= 0.6 is 11.8 Å². The molecule has 5 nitrogen and oxygen atoms in total. The minimum atomic E-state index is -4.22. The van der Waals surface area contributed by atoms with E-state index in [0.29, 0.717) is 24.6 Å². The summed E-state index contributed by atoms with van der Waals surface area (Å²) in [6.45, 7) is 1.84. The van der Waals surface area contributed by atoms with Crippen LogP contribution in [0.25, 0.3) is 0 Å². The number of nitrogens with two attached hydrogens (primary N) is 1. The third-order valence-corrected chi connectivity index (χ3v) is 4.97. The van der Waals surface area contributed by atoms with Gasteiger partial charge in [-0.25, -0.2) is 0 Å². The van der Waals surface area contributed by atoms with Gasteiger partial charge in [-0.15, -0.1) is 0 Å². The van der Waals surface area contributed by atoms with Gasteiger partial charge in [0.05, 0.1) is 4.90 Å². The summed E-state index contributed by atoms with van der Waals surface area (Å²) in [7, 11) is -4.02. The number of hydrogen-bond donors (Lipinski definition) is 3. The summed E-state index contributed by atoms with van der Waals surface area (Å²) in [4.78, 5) is -0.0666. The predicted molar refractivity (Wildman–Crippen MR) is 83.1 cm³/mol. The Bertz CT molecular complexity index is 641. The Balaban J connectivity index is 0.000000231. The van der Waals surface area contributed by atoms with Crippen molar-refractivity contribution < 1.29 is 26.1 Å². The molecule has 130 valence electrons. The van der Waals surface area contributed by atoms with E-state index in [0.717, 1.165) is 5.56 Å². The monoisotopic (exact) mass is 370 g/mol. The van der Waals surface area contributed by atoms with E-state index in [9.17, 15) is 21.6 Å². The van der Waals surface area contributed by atoms with Gasteiger partial charge in [-0.1, -0.05) is 29.5 Å². The van der Waals surface area contributed by atoms with Gasteiger partial charge in [0, 0.05) is 0 Å². The molecule has 0 aromatic heterocycles. The summed E-state index contributed by atoms with van der Waals surface area (Å²) in [5, 5.41) is 4.85. The van der Waals surface area contributed by atoms with Gasteiger partial charge in [-0.3, -0.25) is 9.96 Å². The number of rotatable bonds is 3. The molecule has 4 N–H and O–H groups in total. The maximum absolute atomic E-state index is 12.2. The molecule has 2 rings (SSSR count). The van der Waals surface area contributed by atoms with Crippen LogP contribution in [0.3, 0.4) is 0 Å². The van der Waals surface area contributed by atoms with E-state index in [-0.39, 0.29) is 10.8 Å². The summed E-state index contributed by atoms with van der Waals surface area (Å²) in [5.41, 5.74) is 5.86. The van der Waals surface area contributed by atoms with Gasteiger partial charge < -0.3 is 5.73 Å². The second-order valence-corrected chi connectivity index (χ2v) is 7.67. The second kappa shape index (κ2) is 7.54. The van der Waals surface area contributed by atoms with Crippen LogP contribution in [-0.4, -0.2) is 29.6 Å². The minimum absolute atomic E-state index is 0.0666. The van der Waals surface area contributed by atoms with E-state index < -0.39 is 26.7 Å². The number of alkyl halides is 3. The number of halogens is 3. The highest BCUT2D eigenvalue weighted by atomic mass is 32.2. The Morgan fingerprint density at radius 2 is 1.83 bits per heavy atom. The predicted octanol–water partition coefficient (Wildman–Crippen LogP) is 3.20. The van der Waals surface area contributed by atoms with Crippen molar-refractivity contribution in [3.63, 3.8) is 0 Å². The standard InChI is InChI=1S/C7H8O3S.C6H9F3N2S/c1-6-2-4-7(5-3-6)11(8,9)10;7-6(8,9)4(3-1-2-3)12-5(10)11/h2-5H,1H3,(H,8,9,10);3-4H,1-2H2,(H3,10,11). The summed E-state index contributed by atoms with van der Waals surface area (Å²) < 4.78 is 66.1. The molecule has 0 radical (unpaired) electrons. The molecule has 0 saturated heterocycles. The molecule has 0 amide bonds. The van der Waals surface area contributed by atoms with E-state index in [4.69, 9.17) is 15.7 Å². The van der Waals surface area contributed by atoms with Crippen molar-refractivity contribution in [3.05, 3.63) is 29.8 Å². The molecule has 0 spiro atoms. The number of benzene rings is 1. The maximum Gasteiger partial charge on any atom is 0.401 e. The molecule has 1 atom stereocenters. The van der Waals surface area contributed by atoms with Gasteiger partial charge in [0.2, 0.25) is 0 Å². The van der Waals surface area contributed by atoms with E-state index in [1.54, 1.807) is 12.1 Å². The van der Waals surface area contributed by atoms with Crippen LogP contribution in [-0.2, 0) is 10.1 Å². The van der Waals surface area contributed by atoms with Crippen LogP contribution < -0.4 is 5.73 Å². The van der Waals surface area contributed by atoms with Crippen LogP contribution in [0.4, 0.5) is 13.2 Å². The zero-order valence-corrected chi connectivity index (χ0v) is 13.8. The van der Waals surface area contributed by atoms with E-state index >= 15 is 0 Å². The molecule has 1 aromatic carbocycles. The topological polar surface area (TPSA) is 104 Å². The van der Waals surface area contributed by atoms with Crippen LogP contribution in [0.15, 0.2) is 29.2 Å². The van der Waals surface area contributed by atoms with Crippen LogP contribution in [0.1, 0.15) is 18.4 Å². The van der Waals surface area contributed by atoms with Gasteiger partial charge in [0.25, 0.3) is 10.1 Å². The smallest absolute Gasteiger partial charge is 0.379 e. The number of nitrogens with one attached hydrogen (secondary N) is 1. The Morgan fingerprint density at radius 3 is 2.13 bits per heavy atom. The first-order valence-electron chi connectivity index (χ1n) is 6.53. The third kappa shape index (κ3) is 7.23. The molecule has 1 fully saturated rings. The van der Waals surface area contributed by atoms with Gasteiger partial charge in [-0.2, -0.15) is 21.6 Å². The van der Waals surface area contributed by atoms with Crippen LogP contribution in [0.2, 0.25) is 0 Å². The summed E-state index contributed by atoms with van der Waals surface area (Å²) in [6, 6.07) is 5.99. The summed E-state index contributed by atoms with van der Waals surface area (Å²) >= 11 is 0.413. The highest BCUT2D eigenvalue weighted by Gasteiger charge is 2.49. The first-order valence-corrected chi connectivity index (χ1v) is 8.85. The number of amidine groups is 1. The normalized spacial score (nSPS) is 16.2. The zero-order valence-electron chi connectivity index (χ0n) is 12.2. The van der Waals surface area contributed by atoms with E-state index in [1.165, 1.54) is 12.1 Å². The average Bonchev–Trinajstić information content (AvgIpc) is 3.18. The maximum atomic E-state index is 12.2. The third-order valence-electron chi connectivity index (χ3n) is 2.95. The molecular weight excluding hydrogens is 353 g/mol. The largest absolute Gasteiger partial charge is 0.401 e. The fraction of sp³-hybridized carbons (Fsp3) is 0.462. The van der Waals surface area contributed by atoms with Crippen LogP contribution in [0.5, 0.6) is 0 Å². The highest BCUT2D eigenvalue weighted by molar-refractivity contribution is 8.14. The lowest BCUT2D eigenvalue weighted by Gasteiger charge is -2.17. The first kappa shape index (κ1) is 19.8. The lowest BCUT2D eigenvalue weighted by molar-refractivity contribution is -0.132. The quantitative estimate of drug-likeness (QED) is 0.431. The van der Waals surface area contributed by atoms with Crippen molar-refractivity contribution in [3.8, 4) is 0 Å². The molecule has 1 aliphatic carbocycles. The molecule has 1 aromatic rings. The lowest BCUT2D eigenvalue weighted by Crippen LogP contribution is -2.30. The van der Waals surface area contributed by atoms with Crippen molar-refractivity contribution in [2.24, 2.45) is 11.7 Å². The number of thioether (sulfide) groups is 1. The highest BCUT2D eigenvalue weighted by Crippen LogP contribution is 2.46. The zero-order chi connectivity index (χ0) is 17.8. The van der Waals surface area contributed by atoms with E-state index in [1.807, 2.05) is 6.92 Å².